The second kappa shape index (κ2) is 7.65. The fraction of sp³-hybridized carbons (Fsp3) is 0.320. The van der Waals surface area contributed by atoms with Gasteiger partial charge in [-0.25, -0.2) is 4.79 Å². The van der Waals surface area contributed by atoms with Crippen molar-refractivity contribution in [3.63, 3.8) is 0 Å². The lowest BCUT2D eigenvalue weighted by Crippen LogP contribution is -2.31. The van der Waals surface area contributed by atoms with Gasteiger partial charge in [-0.15, -0.1) is 0 Å². The van der Waals surface area contributed by atoms with Crippen molar-refractivity contribution in [2.24, 2.45) is 20.0 Å². The van der Waals surface area contributed by atoms with Crippen LogP contribution in [0.2, 0.25) is 0 Å². The van der Waals surface area contributed by atoms with E-state index < -0.39 is 0 Å². The number of imidazole rings is 1. The molecule has 33 heavy (non-hydrogen) atoms. The molecule has 8 heteroatoms. The molecule has 1 atom stereocenters. The Labute approximate surface area is 190 Å². The monoisotopic (exact) mass is 445 g/mol. The highest BCUT2D eigenvalue weighted by Crippen LogP contribution is 2.26. The Morgan fingerprint density at radius 1 is 1.03 bits per heavy atom. The number of amides is 2. The summed E-state index contributed by atoms with van der Waals surface area (Å²) in [5, 5.41) is 4.12. The SMILES string of the molecule is Cc1[nH]c2ccc(NC(=O)C3CCN(C(=O)c4ccc5c(c4)n(C)c(=O)n5C)C3)cc2c1C. The fourth-order valence-electron chi connectivity index (χ4n) is 4.76. The normalized spacial score (nSPS) is 16.1. The molecule has 5 rings (SSSR count). The lowest BCUT2D eigenvalue weighted by molar-refractivity contribution is -0.119. The van der Waals surface area contributed by atoms with Gasteiger partial charge in [-0.1, -0.05) is 0 Å². The van der Waals surface area contributed by atoms with Gasteiger partial charge in [0.15, 0.2) is 0 Å². The highest BCUT2D eigenvalue weighted by atomic mass is 16.2. The first-order chi connectivity index (χ1) is 15.7. The number of nitrogens with one attached hydrogen (secondary N) is 2. The van der Waals surface area contributed by atoms with Crippen LogP contribution in [0.5, 0.6) is 0 Å². The number of anilines is 1. The molecule has 1 aliphatic rings. The van der Waals surface area contributed by atoms with Gasteiger partial charge in [-0.2, -0.15) is 0 Å². The summed E-state index contributed by atoms with van der Waals surface area (Å²) in [6.45, 7) is 5.00. The van der Waals surface area contributed by atoms with Crippen LogP contribution in [0.25, 0.3) is 21.9 Å². The van der Waals surface area contributed by atoms with E-state index in [4.69, 9.17) is 0 Å². The minimum absolute atomic E-state index is 0.0736. The van der Waals surface area contributed by atoms with E-state index in [1.807, 2.05) is 25.1 Å². The molecule has 0 saturated carbocycles. The van der Waals surface area contributed by atoms with E-state index in [9.17, 15) is 14.4 Å². The van der Waals surface area contributed by atoms with Crippen molar-refractivity contribution in [3.05, 3.63) is 63.7 Å². The molecule has 1 unspecified atom stereocenters. The van der Waals surface area contributed by atoms with Crippen molar-refractivity contribution in [1.29, 1.82) is 0 Å². The predicted molar refractivity (Wildman–Crippen MR) is 129 cm³/mol. The number of carbonyl (C=O) groups excluding carboxylic acids is 2. The zero-order chi connectivity index (χ0) is 23.4. The van der Waals surface area contributed by atoms with Gasteiger partial charge in [0.2, 0.25) is 5.91 Å². The van der Waals surface area contributed by atoms with Crippen molar-refractivity contribution in [2.75, 3.05) is 18.4 Å². The van der Waals surface area contributed by atoms with Gasteiger partial charge >= 0.3 is 5.69 Å². The number of likely N-dealkylation sites (tertiary alicyclic amines) is 1. The second-order valence-corrected chi connectivity index (χ2v) is 8.97. The number of H-pyrrole nitrogens is 1. The van der Waals surface area contributed by atoms with E-state index in [2.05, 4.69) is 17.2 Å². The number of hydrogen-bond acceptors (Lipinski definition) is 3. The molecule has 2 amide bonds. The Morgan fingerprint density at radius 3 is 2.58 bits per heavy atom. The molecule has 0 bridgehead atoms. The van der Waals surface area contributed by atoms with Gasteiger partial charge in [0.1, 0.15) is 0 Å². The van der Waals surface area contributed by atoms with Crippen LogP contribution >= 0.6 is 0 Å². The summed E-state index contributed by atoms with van der Waals surface area (Å²) in [6.07, 6.45) is 0.619. The number of aryl methyl sites for hydroxylation is 4. The molecular formula is C25H27N5O3. The standard InChI is InChI=1S/C25H27N5O3/c1-14-15(2)26-20-7-6-18(12-19(14)20)27-23(31)17-9-10-30(13-17)24(32)16-5-8-21-22(11-16)29(4)25(33)28(21)3/h5-8,11-12,17,26H,9-10,13H2,1-4H3,(H,27,31). The molecule has 0 spiro atoms. The number of hydrogen-bond donors (Lipinski definition) is 2. The first-order valence-electron chi connectivity index (χ1n) is 11.1. The minimum atomic E-state index is -0.261. The molecule has 2 aromatic carbocycles. The van der Waals surface area contributed by atoms with Crippen LogP contribution in [0.1, 0.15) is 28.0 Å². The Bertz CT molecular complexity index is 1490. The molecule has 3 heterocycles. The largest absolute Gasteiger partial charge is 0.358 e. The maximum Gasteiger partial charge on any atom is 0.328 e. The van der Waals surface area contributed by atoms with Crippen LogP contribution in [-0.2, 0) is 18.9 Å². The third-order valence-electron chi connectivity index (χ3n) is 6.94. The third-order valence-corrected chi connectivity index (χ3v) is 6.94. The summed E-state index contributed by atoms with van der Waals surface area (Å²) in [7, 11) is 3.41. The summed E-state index contributed by atoms with van der Waals surface area (Å²) < 4.78 is 3.10. The number of carbonyl (C=O) groups is 2. The molecule has 8 nitrogen and oxygen atoms in total. The van der Waals surface area contributed by atoms with E-state index in [1.54, 1.807) is 41.8 Å². The fourth-order valence-corrected chi connectivity index (χ4v) is 4.76. The average molecular weight is 446 g/mol. The molecule has 4 aromatic rings. The smallest absolute Gasteiger partial charge is 0.328 e. The van der Waals surface area contributed by atoms with Crippen LogP contribution in [0, 0.1) is 19.8 Å². The maximum atomic E-state index is 13.1. The average Bonchev–Trinajstić information content (AvgIpc) is 3.47. The molecule has 170 valence electrons. The molecule has 0 radical (unpaired) electrons. The van der Waals surface area contributed by atoms with Gasteiger partial charge in [-0.05, 0) is 62.2 Å². The van der Waals surface area contributed by atoms with E-state index in [0.29, 0.717) is 30.6 Å². The number of rotatable bonds is 3. The van der Waals surface area contributed by atoms with Crippen molar-refractivity contribution < 1.29 is 9.59 Å². The number of aromatic nitrogens is 3. The first kappa shape index (κ1) is 21.1. The number of aromatic amines is 1. The summed E-state index contributed by atoms with van der Waals surface area (Å²) in [5.74, 6) is -0.456. The number of fused-ring (bicyclic) bond motifs is 2. The molecule has 2 N–H and O–H groups in total. The Morgan fingerprint density at radius 2 is 1.79 bits per heavy atom. The Kier molecular flexibility index (Phi) is 4.88. The van der Waals surface area contributed by atoms with Crippen LogP contribution in [-0.4, -0.2) is 43.9 Å². The minimum Gasteiger partial charge on any atom is -0.358 e. The van der Waals surface area contributed by atoms with Crippen molar-refractivity contribution in [2.45, 2.75) is 20.3 Å². The van der Waals surface area contributed by atoms with Gasteiger partial charge in [0, 0.05) is 55.0 Å². The Hall–Kier alpha value is -3.81. The van der Waals surface area contributed by atoms with Crippen molar-refractivity contribution in [1.82, 2.24) is 19.0 Å². The molecule has 1 aliphatic heterocycles. The summed E-state index contributed by atoms with van der Waals surface area (Å²) >= 11 is 0. The van der Waals surface area contributed by atoms with Gasteiger partial charge < -0.3 is 15.2 Å². The van der Waals surface area contributed by atoms with Crippen LogP contribution in [0.4, 0.5) is 5.69 Å². The maximum absolute atomic E-state index is 13.1. The predicted octanol–water partition coefficient (Wildman–Crippen LogP) is 3.08. The molecule has 2 aromatic heterocycles. The number of nitrogens with zero attached hydrogens (tertiary/aromatic N) is 3. The van der Waals surface area contributed by atoms with E-state index in [1.165, 1.54) is 10.1 Å². The highest BCUT2D eigenvalue weighted by molar-refractivity contribution is 5.99. The molecular weight excluding hydrogens is 418 g/mol. The van der Waals surface area contributed by atoms with E-state index in [-0.39, 0.29) is 23.4 Å². The zero-order valence-electron chi connectivity index (χ0n) is 19.2. The van der Waals surface area contributed by atoms with Gasteiger partial charge in [-0.3, -0.25) is 18.7 Å². The van der Waals surface area contributed by atoms with E-state index >= 15 is 0 Å². The first-order valence-corrected chi connectivity index (χ1v) is 11.1. The van der Waals surface area contributed by atoms with Crippen LogP contribution in [0.15, 0.2) is 41.2 Å². The second-order valence-electron chi connectivity index (χ2n) is 8.97. The molecule has 0 aliphatic carbocycles. The van der Waals surface area contributed by atoms with Gasteiger partial charge in [0.05, 0.1) is 17.0 Å². The highest BCUT2D eigenvalue weighted by Gasteiger charge is 2.32. The van der Waals surface area contributed by atoms with Crippen molar-refractivity contribution in [3.8, 4) is 0 Å². The number of benzene rings is 2. The lowest BCUT2D eigenvalue weighted by Gasteiger charge is -2.17. The van der Waals surface area contributed by atoms with Crippen molar-refractivity contribution >= 4 is 39.4 Å². The zero-order valence-corrected chi connectivity index (χ0v) is 19.2. The Balaban J connectivity index is 1.30. The quantitative estimate of drug-likeness (QED) is 0.508. The lowest BCUT2D eigenvalue weighted by atomic mass is 10.1. The molecule has 1 saturated heterocycles. The van der Waals surface area contributed by atoms with Gasteiger partial charge in [0.25, 0.3) is 5.91 Å². The van der Waals surface area contributed by atoms with Crippen LogP contribution in [0.3, 0.4) is 0 Å². The third kappa shape index (κ3) is 3.42. The summed E-state index contributed by atoms with van der Waals surface area (Å²) in [4.78, 5) is 43.2. The molecule has 1 fully saturated rings. The summed E-state index contributed by atoms with van der Waals surface area (Å²) in [6, 6.07) is 11.2. The van der Waals surface area contributed by atoms with Crippen LogP contribution < -0.4 is 11.0 Å². The van der Waals surface area contributed by atoms with E-state index in [0.717, 1.165) is 27.8 Å². The summed E-state index contributed by atoms with van der Waals surface area (Å²) in [5.41, 5.74) is 5.99. The topological polar surface area (TPSA) is 92.1 Å².